The lowest BCUT2D eigenvalue weighted by molar-refractivity contribution is -0.145. The monoisotopic (exact) mass is 282 g/mol. The minimum atomic E-state index is -0.820. The van der Waals surface area contributed by atoms with Crippen LogP contribution in [0.5, 0.6) is 0 Å². The Labute approximate surface area is 118 Å². The van der Waals surface area contributed by atoms with Gasteiger partial charge in [-0.25, -0.2) is 0 Å². The first kappa shape index (κ1) is 14.8. The molecular formula is C14H22N2O4. The summed E-state index contributed by atoms with van der Waals surface area (Å²) in [6, 6.07) is 0. The van der Waals surface area contributed by atoms with Crippen LogP contribution in [-0.4, -0.2) is 47.4 Å². The first-order chi connectivity index (χ1) is 9.58. The van der Waals surface area contributed by atoms with E-state index in [4.69, 9.17) is 5.11 Å². The van der Waals surface area contributed by atoms with Gasteiger partial charge in [-0.05, 0) is 32.1 Å². The fraction of sp³-hybridized carbons (Fsp3) is 0.786. The number of piperidine rings is 1. The van der Waals surface area contributed by atoms with E-state index in [1.807, 2.05) is 0 Å². The number of rotatable bonds is 6. The van der Waals surface area contributed by atoms with Crippen molar-refractivity contribution in [2.24, 2.45) is 11.8 Å². The van der Waals surface area contributed by atoms with Crippen LogP contribution in [-0.2, 0) is 14.4 Å². The van der Waals surface area contributed by atoms with E-state index in [0.29, 0.717) is 38.9 Å². The molecule has 0 radical (unpaired) electrons. The van der Waals surface area contributed by atoms with E-state index >= 15 is 0 Å². The quantitative estimate of drug-likeness (QED) is 0.699. The molecule has 6 nitrogen and oxygen atoms in total. The SMILES string of the molecule is O=C(NCCCC(=O)N1CCC[C@H](C(=O)O)C1)C1CC1. The van der Waals surface area contributed by atoms with Crippen molar-refractivity contribution in [3.63, 3.8) is 0 Å². The molecule has 2 fully saturated rings. The molecular weight excluding hydrogens is 260 g/mol. The molecule has 0 unspecified atom stereocenters. The van der Waals surface area contributed by atoms with Crippen LogP contribution in [0.1, 0.15) is 38.5 Å². The molecule has 1 aliphatic heterocycles. The van der Waals surface area contributed by atoms with E-state index in [0.717, 1.165) is 19.3 Å². The van der Waals surface area contributed by atoms with Crippen LogP contribution in [0, 0.1) is 11.8 Å². The number of amides is 2. The summed E-state index contributed by atoms with van der Waals surface area (Å²) in [6.45, 7) is 1.50. The van der Waals surface area contributed by atoms with Crippen molar-refractivity contribution in [1.82, 2.24) is 10.2 Å². The predicted octanol–water partition coefficient (Wildman–Crippen LogP) is 0.616. The van der Waals surface area contributed by atoms with Crippen LogP contribution in [0.3, 0.4) is 0 Å². The number of carboxylic acids is 1. The Morgan fingerprint density at radius 3 is 2.55 bits per heavy atom. The highest BCUT2D eigenvalue weighted by Gasteiger charge is 2.29. The summed E-state index contributed by atoms with van der Waals surface area (Å²) in [6.07, 6.45) is 4.35. The van der Waals surface area contributed by atoms with Crippen molar-refractivity contribution < 1.29 is 19.5 Å². The van der Waals surface area contributed by atoms with E-state index in [1.165, 1.54) is 0 Å². The standard InChI is InChI=1S/C14H22N2O4/c17-12(4-1-7-15-13(18)10-5-6-10)16-8-2-3-11(9-16)14(19)20/h10-11H,1-9H2,(H,15,18)(H,19,20)/t11-/m0/s1. The van der Waals surface area contributed by atoms with Crippen LogP contribution >= 0.6 is 0 Å². The highest BCUT2D eigenvalue weighted by molar-refractivity contribution is 5.81. The van der Waals surface area contributed by atoms with E-state index in [1.54, 1.807) is 4.90 Å². The number of aliphatic carboxylic acids is 1. The third kappa shape index (κ3) is 4.21. The number of carbonyl (C=O) groups is 3. The maximum Gasteiger partial charge on any atom is 0.308 e. The molecule has 2 rings (SSSR count). The van der Waals surface area contributed by atoms with Crippen LogP contribution in [0.2, 0.25) is 0 Å². The van der Waals surface area contributed by atoms with Crippen LogP contribution in [0.25, 0.3) is 0 Å². The van der Waals surface area contributed by atoms with Gasteiger partial charge in [0.2, 0.25) is 11.8 Å². The van der Waals surface area contributed by atoms with Crippen molar-refractivity contribution in [3.8, 4) is 0 Å². The lowest BCUT2D eigenvalue weighted by Crippen LogP contribution is -2.42. The molecule has 0 spiro atoms. The first-order valence-corrected chi connectivity index (χ1v) is 7.36. The Morgan fingerprint density at radius 2 is 1.90 bits per heavy atom. The Hall–Kier alpha value is -1.59. The number of hydrogen-bond donors (Lipinski definition) is 2. The molecule has 0 bridgehead atoms. The molecule has 0 aromatic carbocycles. The zero-order chi connectivity index (χ0) is 14.5. The molecule has 0 aromatic rings. The van der Waals surface area contributed by atoms with Crippen molar-refractivity contribution >= 4 is 17.8 Å². The third-order valence-corrected chi connectivity index (χ3v) is 3.94. The molecule has 0 aromatic heterocycles. The topological polar surface area (TPSA) is 86.7 Å². The molecule has 1 saturated heterocycles. The summed E-state index contributed by atoms with van der Waals surface area (Å²) >= 11 is 0. The molecule has 20 heavy (non-hydrogen) atoms. The van der Waals surface area contributed by atoms with Crippen molar-refractivity contribution in [2.45, 2.75) is 38.5 Å². The summed E-state index contributed by atoms with van der Waals surface area (Å²) in [5.74, 6) is -0.955. The lowest BCUT2D eigenvalue weighted by Gasteiger charge is -2.30. The highest BCUT2D eigenvalue weighted by Crippen LogP contribution is 2.28. The van der Waals surface area contributed by atoms with Gasteiger partial charge in [0, 0.05) is 32.0 Å². The van der Waals surface area contributed by atoms with Crippen LogP contribution in [0.4, 0.5) is 0 Å². The Bertz CT molecular complexity index is 393. The van der Waals surface area contributed by atoms with Crippen molar-refractivity contribution in [3.05, 3.63) is 0 Å². The number of carboxylic acid groups (broad SMARTS) is 1. The van der Waals surface area contributed by atoms with Crippen LogP contribution < -0.4 is 5.32 Å². The molecule has 2 aliphatic rings. The second-order valence-electron chi connectivity index (χ2n) is 5.69. The molecule has 1 saturated carbocycles. The highest BCUT2D eigenvalue weighted by atomic mass is 16.4. The van der Waals surface area contributed by atoms with Gasteiger partial charge < -0.3 is 15.3 Å². The summed E-state index contributed by atoms with van der Waals surface area (Å²) in [4.78, 5) is 36.0. The fourth-order valence-electron chi connectivity index (χ4n) is 2.50. The van der Waals surface area contributed by atoms with Gasteiger partial charge >= 0.3 is 5.97 Å². The van der Waals surface area contributed by atoms with Crippen molar-refractivity contribution in [2.75, 3.05) is 19.6 Å². The maximum atomic E-state index is 12.0. The van der Waals surface area contributed by atoms with Crippen LogP contribution in [0.15, 0.2) is 0 Å². The summed E-state index contributed by atoms with van der Waals surface area (Å²) in [5, 5.41) is 11.8. The second kappa shape index (κ2) is 6.72. The van der Waals surface area contributed by atoms with Gasteiger partial charge in [-0.1, -0.05) is 0 Å². The number of carbonyl (C=O) groups excluding carboxylic acids is 2. The number of likely N-dealkylation sites (tertiary alicyclic amines) is 1. The van der Waals surface area contributed by atoms with Gasteiger partial charge in [-0.3, -0.25) is 14.4 Å². The van der Waals surface area contributed by atoms with Gasteiger partial charge in [0.1, 0.15) is 0 Å². The van der Waals surface area contributed by atoms with Gasteiger partial charge in [0.15, 0.2) is 0 Å². The first-order valence-electron chi connectivity index (χ1n) is 7.36. The summed E-state index contributed by atoms with van der Waals surface area (Å²) in [7, 11) is 0. The molecule has 1 atom stereocenters. The largest absolute Gasteiger partial charge is 0.481 e. The van der Waals surface area contributed by atoms with E-state index in [9.17, 15) is 14.4 Å². The van der Waals surface area contributed by atoms with Gasteiger partial charge in [0.25, 0.3) is 0 Å². The number of nitrogens with zero attached hydrogens (tertiary/aromatic N) is 1. The normalized spacial score (nSPS) is 22.4. The summed E-state index contributed by atoms with van der Waals surface area (Å²) in [5.41, 5.74) is 0. The third-order valence-electron chi connectivity index (χ3n) is 3.94. The zero-order valence-corrected chi connectivity index (χ0v) is 11.6. The minimum absolute atomic E-state index is 0.00313. The molecule has 1 heterocycles. The molecule has 2 N–H and O–H groups in total. The average molecular weight is 282 g/mol. The lowest BCUT2D eigenvalue weighted by atomic mass is 9.98. The van der Waals surface area contributed by atoms with E-state index in [2.05, 4.69) is 5.32 Å². The van der Waals surface area contributed by atoms with Gasteiger partial charge in [0.05, 0.1) is 5.92 Å². The van der Waals surface area contributed by atoms with E-state index < -0.39 is 11.9 Å². The van der Waals surface area contributed by atoms with E-state index in [-0.39, 0.29) is 17.7 Å². The Kier molecular flexibility index (Phi) is 4.98. The Balaban J connectivity index is 1.63. The Morgan fingerprint density at radius 1 is 1.15 bits per heavy atom. The minimum Gasteiger partial charge on any atom is -0.481 e. The van der Waals surface area contributed by atoms with Crippen molar-refractivity contribution in [1.29, 1.82) is 0 Å². The van der Waals surface area contributed by atoms with Gasteiger partial charge in [-0.2, -0.15) is 0 Å². The second-order valence-corrected chi connectivity index (χ2v) is 5.69. The molecule has 6 heteroatoms. The van der Waals surface area contributed by atoms with Gasteiger partial charge in [-0.15, -0.1) is 0 Å². The molecule has 2 amide bonds. The number of nitrogens with one attached hydrogen (secondary N) is 1. The zero-order valence-electron chi connectivity index (χ0n) is 11.6. The predicted molar refractivity (Wildman–Crippen MR) is 71.9 cm³/mol. The fourth-order valence-corrected chi connectivity index (χ4v) is 2.50. The maximum absolute atomic E-state index is 12.0. The smallest absolute Gasteiger partial charge is 0.308 e. The molecule has 1 aliphatic carbocycles. The summed E-state index contributed by atoms with van der Waals surface area (Å²) < 4.78 is 0. The molecule has 112 valence electrons. The number of hydrogen-bond acceptors (Lipinski definition) is 3. The average Bonchev–Trinajstić information content (AvgIpc) is 3.27.